The first-order chi connectivity index (χ1) is 9.79. The minimum Gasteiger partial charge on any atom is -0.330 e. The largest absolute Gasteiger partial charge is 0.330 e. The van der Waals surface area contributed by atoms with Crippen molar-refractivity contribution in [3.8, 4) is 0 Å². The zero-order chi connectivity index (χ0) is 13.9. The number of carbonyl (C=O) groups is 1. The molecular weight excluding hydrogens is 284 g/mol. The number of amides is 1. The topological polar surface area (TPSA) is 55.1 Å². The van der Waals surface area contributed by atoms with E-state index in [1.54, 1.807) is 0 Å². The monoisotopic (exact) mass is 302 g/mol. The molecule has 0 saturated heterocycles. The van der Waals surface area contributed by atoms with Crippen LogP contribution in [0.15, 0.2) is 54.6 Å². The van der Waals surface area contributed by atoms with Crippen LogP contribution in [0.5, 0.6) is 0 Å². The van der Waals surface area contributed by atoms with Gasteiger partial charge in [0, 0.05) is 11.3 Å². The van der Waals surface area contributed by atoms with E-state index in [0.29, 0.717) is 23.9 Å². The second kappa shape index (κ2) is 6.74. The maximum atomic E-state index is 12.2. The van der Waals surface area contributed by atoms with Crippen molar-refractivity contribution in [2.75, 3.05) is 11.9 Å². The molecule has 0 unspecified atom stereocenters. The van der Waals surface area contributed by atoms with E-state index in [-0.39, 0.29) is 18.3 Å². The predicted molar refractivity (Wildman–Crippen MR) is 88.0 cm³/mol. The minimum absolute atomic E-state index is 0. The lowest BCUT2D eigenvalue weighted by Crippen LogP contribution is -2.13. The number of benzene rings is 2. The standard InChI is InChI=1S/C17H18N2O.ClH/c18-11-13-10-15(13)14-8-4-5-9-16(14)19-17(20)12-6-2-1-3-7-12;/h1-9,13,15H,10-11,18H2,(H,19,20);1H/t13-,15+;/m1./s1. The Kier molecular flexibility index (Phi) is 4.99. The summed E-state index contributed by atoms with van der Waals surface area (Å²) in [7, 11) is 0. The first-order valence-corrected chi connectivity index (χ1v) is 6.95. The average molecular weight is 303 g/mol. The molecule has 3 rings (SSSR count). The van der Waals surface area contributed by atoms with Crippen LogP contribution in [-0.4, -0.2) is 12.5 Å². The van der Waals surface area contributed by atoms with Gasteiger partial charge in [-0.1, -0.05) is 36.4 Å². The molecule has 1 amide bonds. The van der Waals surface area contributed by atoms with Gasteiger partial charge in [-0.15, -0.1) is 12.4 Å². The molecule has 110 valence electrons. The zero-order valence-corrected chi connectivity index (χ0v) is 12.5. The normalized spacial score (nSPS) is 19.5. The van der Waals surface area contributed by atoms with Gasteiger partial charge in [-0.25, -0.2) is 0 Å². The van der Waals surface area contributed by atoms with Gasteiger partial charge in [0.15, 0.2) is 0 Å². The third-order valence-electron chi connectivity index (χ3n) is 3.87. The van der Waals surface area contributed by atoms with E-state index in [9.17, 15) is 4.79 Å². The van der Waals surface area contributed by atoms with E-state index in [4.69, 9.17) is 5.73 Å². The molecule has 0 aliphatic heterocycles. The van der Waals surface area contributed by atoms with E-state index < -0.39 is 0 Å². The summed E-state index contributed by atoms with van der Waals surface area (Å²) in [6.07, 6.45) is 1.12. The van der Waals surface area contributed by atoms with Crippen LogP contribution in [0.1, 0.15) is 28.3 Å². The van der Waals surface area contributed by atoms with E-state index in [1.165, 1.54) is 5.56 Å². The quantitative estimate of drug-likeness (QED) is 0.909. The fourth-order valence-corrected chi connectivity index (χ4v) is 2.61. The number of halogens is 1. The molecular formula is C17H19ClN2O. The van der Waals surface area contributed by atoms with Crippen molar-refractivity contribution < 1.29 is 4.79 Å². The summed E-state index contributed by atoms with van der Waals surface area (Å²) < 4.78 is 0. The SMILES string of the molecule is Cl.NC[C@H]1C[C@@H]1c1ccccc1NC(=O)c1ccccc1. The van der Waals surface area contributed by atoms with Gasteiger partial charge >= 0.3 is 0 Å². The number of para-hydroxylation sites is 1. The molecule has 0 spiro atoms. The second-order valence-corrected chi connectivity index (χ2v) is 5.25. The second-order valence-electron chi connectivity index (χ2n) is 5.25. The van der Waals surface area contributed by atoms with Crippen molar-refractivity contribution in [2.45, 2.75) is 12.3 Å². The summed E-state index contributed by atoms with van der Waals surface area (Å²) in [5.74, 6) is 0.986. The molecule has 0 aromatic heterocycles. The Morgan fingerprint density at radius 1 is 1.10 bits per heavy atom. The molecule has 2 atom stereocenters. The van der Waals surface area contributed by atoms with Gasteiger partial charge in [0.05, 0.1) is 0 Å². The summed E-state index contributed by atoms with van der Waals surface area (Å²) in [4.78, 5) is 12.2. The third kappa shape index (κ3) is 3.43. The van der Waals surface area contributed by atoms with Crippen molar-refractivity contribution in [3.05, 3.63) is 65.7 Å². The number of carbonyl (C=O) groups excluding carboxylic acids is 1. The minimum atomic E-state index is -0.0667. The maximum absolute atomic E-state index is 12.2. The van der Waals surface area contributed by atoms with Crippen molar-refractivity contribution in [1.82, 2.24) is 0 Å². The molecule has 0 heterocycles. The van der Waals surface area contributed by atoms with Gasteiger partial charge < -0.3 is 11.1 Å². The smallest absolute Gasteiger partial charge is 0.255 e. The molecule has 3 N–H and O–H groups in total. The fourth-order valence-electron chi connectivity index (χ4n) is 2.61. The molecule has 2 aromatic rings. The van der Waals surface area contributed by atoms with E-state index in [1.807, 2.05) is 48.5 Å². The summed E-state index contributed by atoms with van der Waals surface area (Å²) in [5.41, 5.74) is 8.50. The van der Waals surface area contributed by atoms with Gasteiger partial charge in [-0.2, -0.15) is 0 Å². The Labute approximate surface area is 131 Å². The molecule has 0 bridgehead atoms. The Bertz CT molecular complexity index is 615. The molecule has 0 radical (unpaired) electrons. The summed E-state index contributed by atoms with van der Waals surface area (Å²) in [6, 6.07) is 17.3. The molecule has 1 saturated carbocycles. The van der Waals surface area contributed by atoms with Crippen LogP contribution in [0.3, 0.4) is 0 Å². The first kappa shape index (κ1) is 15.5. The summed E-state index contributed by atoms with van der Waals surface area (Å²) >= 11 is 0. The number of rotatable bonds is 4. The lowest BCUT2D eigenvalue weighted by molar-refractivity contribution is 0.102. The van der Waals surface area contributed by atoms with Crippen LogP contribution in [0.25, 0.3) is 0 Å². The van der Waals surface area contributed by atoms with Crippen molar-refractivity contribution in [1.29, 1.82) is 0 Å². The molecule has 1 aliphatic rings. The van der Waals surface area contributed by atoms with Crippen molar-refractivity contribution >= 4 is 24.0 Å². The maximum Gasteiger partial charge on any atom is 0.255 e. The van der Waals surface area contributed by atoms with Gasteiger partial charge in [0.2, 0.25) is 0 Å². The molecule has 4 heteroatoms. The number of anilines is 1. The van der Waals surface area contributed by atoms with Crippen LogP contribution in [0.4, 0.5) is 5.69 Å². The molecule has 1 aliphatic carbocycles. The first-order valence-electron chi connectivity index (χ1n) is 6.95. The highest BCUT2D eigenvalue weighted by Gasteiger charge is 2.38. The van der Waals surface area contributed by atoms with Gasteiger partial charge in [-0.3, -0.25) is 4.79 Å². The number of nitrogens with one attached hydrogen (secondary N) is 1. The lowest BCUT2D eigenvalue weighted by Gasteiger charge is -2.11. The van der Waals surface area contributed by atoms with Gasteiger partial charge in [0.25, 0.3) is 5.91 Å². The highest BCUT2D eigenvalue weighted by atomic mass is 35.5. The zero-order valence-electron chi connectivity index (χ0n) is 11.7. The van der Waals surface area contributed by atoms with Gasteiger partial charge in [0.1, 0.15) is 0 Å². The average Bonchev–Trinajstić information content (AvgIpc) is 3.28. The van der Waals surface area contributed by atoms with Crippen LogP contribution in [0, 0.1) is 5.92 Å². The van der Waals surface area contributed by atoms with Crippen molar-refractivity contribution in [2.24, 2.45) is 11.7 Å². The highest BCUT2D eigenvalue weighted by Crippen LogP contribution is 2.49. The van der Waals surface area contributed by atoms with Crippen LogP contribution >= 0.6 is 12.4 Å². The molecule has 21 heavy (non-hydrogen) atoms. The van der Waals surface area contributed by atoms with E-state index in [0.717, 1.165) is 12.1 Å². The Balaban J connectivity index is 0.00000161. The van der Waals surface area contributed by atoms with Crippen molar-refractivity contribution in [3.63, 3.8) is 0 Å². The summed E-state index contributed by atoms with van der Waals surface area (Å²) in [6.45, 7) is 0.714. The Morgan fingerprint density at radius 2 is 1.76 bits per heavy atom. The number of hydrogen-bond donors (Lipinski definition) is 2. The Morgan fingerprint density at radius 3 is 2.43 bits per heavy atom. The molecule has 2 aromatic carbocycles. The van der Waals surface area contributed by atoms with E-state index in [2.05, 4.69) is 11.4 Å². The number of hydrogen-bond acceptors (Lipinski definition) is 2. The predicted octanol–water partition coefficient (Wildman–Crippen LogP) is 3.42. The molecule has 3 nitrogen and oxygen atoms in total. The van der Waals surface area contributed by atoms with Crippen LogP contribution in [0.2, 0.25) is 0 Å². The summed E-state index contributed by atoms with van der Waals surface area (Å²) in [5, 5.41) is 3.01. The van der Waals surface area contributed by atoms with Crippen LogP contribution in [-0.2, 0) is 0 Å². The number of nitrogens with two attached hydrogens (primary N) is 1. The van der Waals surface area contributed by atoms with Gasteiger partial charge in [-0.05, 0) is 48.6 Å². The fraction of sp³-hybridized carbons (Fsp3) is 0.235. The van der Waals surface area contributed by atoms with Crippen LogP contribution < -0.4 is 11.1 Å². The van der Waals surface area contributed by atoms with E-state index >= 15 is 0 Å². The Hall–Kier alpha value is -1.84. The molecule has 1 fully saturated rings. The third-order valence-corrected chi connectivity index (χ3v) is 3.87. The highest BCUT2D eigenvalue weighted by molar-refractivity contribution is 6.04. The lowest BCUT2D eigenvalue weighted by atomic mass is 10.1.